The van der Waals surface area contributed by atoms with Gasteiger partial charge in [-0.05, 0) is 74.5 Å². The predicted molar refractivity (Wildman–Crippen MR) is 133 cm³/mol. The zero-order valence-corrected chi connectivity index (χ0v) is 20.7. The molecule has 0 heterocycles. The lowest BCUT2D eigenvalue weighted by Crippen LogP contribution is -2.38. The minimum atomic E-state index is -4.01. The smallest absolute Gasteiger partial charge is 0.264 e. The molecule has 0 aliphatic carbocycles. The number of hydrogen-bond donors (Lipinski definition) is 1. The molecule has 7 nitrogen and oxygen atoms in total. The molecule has 0 spiro atoms. The fourth-order valence-corrected chi connectivity index (χ4v) is 4.77. The van der Waals surface area contributed by atoms with Crippen molar-refractivity contribution in [1.82, 2.24) is 0 Å². The van der Waals surface area contributed by atoms with E-state index in [1.54, 1.807) is 60.7 Å². The van der Waals surface area contributed by atoms with Gasteiger partial charge in [0.15, 0.2) is 0 Å². The predicted octanol–water partition coefficient (Wildman–Crippen LogP) is 5.08. The first kappa shape index (κ1) is 24.6. The SMILES string of the molecule is CCOc1ccc(N(CC(=O)Nc2cccc(OCC)c2)S(=O)(=O)c2ccc(Br)cc2)cc1. The number of benzene rings is 3. The molecule has 33 heavy (non-hydrogen) atoms. The molecule has 0 saturated heterocycles. The molecule has 0 bridgehead atoms. The van der Waals surface area contributed by atoms with E-state index in [0.717, 1.165) is 8.78 Å². The van der Waals surface area contributed by atoms with Gasteiger partial charge in [0, 0.05) is 16.2 Å². The lowest BCUT2D eigenvalue weighted by Gasteiger charge is -2.24. The van der Waals surface area contributed by atoms with Crippen LogP contribution >= 0.6 is 15.9 Å². The van der Waals surface area contributed by atoms with E-state index in [1.165, 1.54) is 12.1 Å². The van der Waals surface area contributed by atoms with Gasteiger partial charge in [0.2, 0.25) is 5.91 Å². The first-order valence-corrected chi connectivity index (χ1v) is 12.6. The Hall–Kier alpha value is -3.04. The standard InChI is InChI=1S/C24H25BrN2O5S/c1-3-31-21-12-10-20(11-13-21)27(33(29,30)23-14-8-18(25)9-15-23)17-24(28)26-19-6-5-7-22(16-19)32-4-2/h5-16H,3-4,17H2,1-2H3,(H,26,28). The molecule has 0 aliphatic rings. The zero-order chi connectivity index (χ0) is 23.8. The minimum Gasteiger partial charge on any atom is -0.494 e. The van der Waals surface area contributed by atoms with Crippen LogP contribution in [0.4, 0.5) is 11.4 Å². The zero-order valence-electron chi connectivity index (χ0n) is 18.3. The second-order valence-electron chi connectivity index (χ2n) is 6.90. The van der Waals surface area contributed by atoms with E-state index in [9.17, 15) is 13.2 Å². The molecule has 0 unspecified atom stereocenters. The first-order valence-electron chi connectivity index (χ1n) is 10.4. The Kier molecular flexibility index (Phi) is 8.35. The number of rotatable bonds is 10. The van der Waals surface area contributed by atoms with Crippen molar-refractivity contribution in [3.8, 4) is 11.5 Å². The second-order valence-corrected chi connectivity index (χ2v) is 9.68. The van der Waals surface area contributed by atoms with Crippen molar-refractivity contribution in [1.29, 1.82) is 0 Å². The maximum atomic E-state index is 13.5. The summed E-state index contributed by atoms with van der Waals surface area (Å²) in [7, 11) is -4.01. The highest BCUT2D eigenvalue weighted by molar-refractivity contribution is 9.10. The summed E-state index contributed by atoms with van der Waals surface area (Å²) in [4.78, 5) is 13.0. The fraction of sp³-hybridized carbons (Fsp3) is 0.208. The third kappa shape index (κ3) is 6.49. The summed E-state index contributed by atoms with van der Waals surface area (Å²) in [5, 5.41) is 2.75. The molecular weight excluding hydrogens is 508 g/mol. The summed E-state index contributed by atoms with van der Waals surface area (Å²) in [6.07, 6.45) is 0. The van der Waals surface area contributed by atoms with Crippen LogP contribution in [0.25, 0.3) is 0 Å². The molecule has 3 rings (SSSR count). The van der Waals surface area contributed by atoms with Gasteiger partial charge < -0.3 is 14.8 Å². The van der Waals surface area contributed by atoms with E-state index in [0.29, 0.717) is 36.1 Å². The Labute approximate surface area is 202 Å². The minimum absolute atomic E-state index is 0.0747. The number of carbonyl (C=O) groups excluding carboxylic acids is 1. The van der Waals surface area contributed by atoms with Crippen LogP contribution in [0, 0.1) is 0 Å². The number of sulfonamides is 1. The maximum absolute atomic E-state index is 13.5. The lowest BCUT2D eigenvalue weighted by molar-refractivity contribution is -0.114. The van der Waals surface area contributed by atoms with Crippen molar-refractivity contribution < 1.29 is 22.7 Å². The molecule has 0 radical (unpaired) electrons. The van der Waals surface area contributed by atoms with Crippen LogP contribution in [0.3, 0.4) is 0 Å². The van der Waals surface area contributed by atoms with E-state index < -0.39 is 22.5 Å². The van der Waals surface area contributed by atoms with Gasteiger partial charge in [-0.2, -0.15) is 0 Å². The number of halogens is 1. The van der Waals surface area contributed by atoms with E-state index in [4.69, 9.17) is 9.47 Å². The van der Waals surface area contributed by atoms with Crippen molar-refractivity contribution >= 4 is 43.2 Å². The fourth-order valence-electron chi connectivity index (χ4n) is 3.09. The molecule has 1 amide bonds. The average Bonchev–Trinajstić information content (AvgIpc) is 2.79. The van der Waals surface area contributed by atoms with Crippen LogP contribution in [0.2, 0.25) is 0 Å². The van der Waals surface area contributed by atoms with Crippen molar-refractivity contribution in [2.45, 2.75) is 18.7 Å². The molecule has 3 aromatic rings. The molecule has 0 fully saturated rings. The normalized spacial score (nSPS) is 11.0. The number of nitrogens with zero attached hydrogens (tertiary/aromatic N) is 1. The summed E-state index contributed by atoms with van der Waals surface area (Å²) in [6.45, 7) is 4.30. The number of carbonyl (C=O) groups is 1. The summed E-state index contributed by atoms with van der Waals surface area (Å²) in [5.41, 5.74) is 0.859. The largest absolute Gasteiger partial charge is 0.494 e. The summed E-state index contributed by atoms with van der Waals surface area (Å²) in [5.74, 6) is 0.735. The van der Waals surface area contributed by atoms with Gasteiger partial charge >= 0.3 is 0 Å². The monoisotopic (exact) mass is 532 g/mol. The van der Waals surface area contributed by atoms with Crippen LogP contribution in [0.1, 0.15) is 13.8 Å². The van der Waals surface area contributed by atoms with E-state index in [1.807, 2.05) is 13.8 Å². The Morgan fingerprint density at radius 3 is 2.18 bits per heavy atom. The van der Waals surface area contributed by atoms with Crippen molar-refractivity contribution in [3.63, 3.8) is 0 Å². The summed E-state index contributed by atoms with van der Waals surface area (Å²) < 4.78 is 39.7. The molecule has 3 aromatic carbocycles. The maximum Gasteiger partial charge on any atom is 0.264 e. The van der Waals surface area contributed by atoms with Gasteiger partial charge in [0.25, 0.3) is 10.0 Å². The Morgan fingerprint density at radius 2 is 1.55 bits per heavy atom. The average molecular weight is 533 g/mol. The topological polar surface area (TPSA) is 84.9 Å². The molecule has 0 atom stereocenters. The van der Waals surface area contributed by atoms with Crippen LogP contribution in [-0.4, -0.2) is 34.1 Å². The molecule has 9 heteroatoms. The molecule has 1 N–H and O–H groups in total. The van der Waals surface area contributed by atoms with Gasteiger partial charge in [-0.3, -0.25) is 9.10 Å². The van der Waals surface area contributed by atoms with Gasteiger partial charge in [-0.25, -0.2) is 8.42 Å². The number of ether oxygens (including phenoxy) is 2. The highest BCUT2D eigenvalue weighted by atomic mass is 79.9. The van der Waals surface area contributed by atoms with Crippen LogP contribution in [0.15, 0.2) is 82.2 Å². The lowest BCUT2D eigenvalue weighted by atomic mass is 10.3. The van der Waals surface area contributed by atoms with Gasteiger partial charge in [0.05, 0.1) is 23.8 Å². The van der Waals surface area contributed by atoms with Crippen molar-refractivity contribution in [3.05, 3.63) is 77.3 Å². The Balaban J connectivity index is 1.90. The molecular formula is C24H25BrN2O5S. The second kappa shape index (κ2) is 11.2. The van der Waals surface area contributed by atoms with Crippen LogP contribution < -0.4 is 19.1 Å². The Morgan fingerprint density at radius 1 is 0.909 bits per heavy atom. The highest BCUT2D eigenvalue weighted by Gasteiger charge is 2.27. The summed E-state index contributed by atoms with van der Waals surface area (Å²) in [6, 6.07) is 19.8. The number of amides is 1. The van der Waals surface area contributed by atoms with Crippen molar-refractivity contribution in [2.24, 2.45) is 0 Å². The van der Waals surface area contributed by atoms with Crippen molar-refractivity contribution in [2.75, 3.05) is 29.4 Å². The van der Waals surface area contributed by atoms with Gasteiger partial charge in [0.1, 0.15) is 18.0 Å². The molecule has 174 valence electrons. The first-order chi connectivity index (χ1) is 15.8. The summed E-state index contributed by atoms with van der Waals surface area (Å²) >= 11 is 3.31. The van der Waals surface area contributed by atoms with Crippen LogP contribution in [-0.2, 0) is 14.8 Å². The van der Waals surface area contributed by atoms with Gasteiger partial charge in [-0.15, -0.1) is 0 Å². The molecule has 0 aliphatic heterocycles. The van der Waals surface area contributed by atoms with E-state index in [-0.39, 0.29) is 4.90 Å². The van der Waals surface area contributed by atoms with Gasteiger partial charge in [-0.1, -0.05) is 22.0 Å². The quantitative estimate of drug-likeness (QED) is 0.393. The third-order valence-electron chi connectivity index (χ3n) is 4.55. The number of hydrogen-bond acceptors (Lipinski definition) is 5. The molecule has 0 saturated carbocycles. The highest BCUT2D eigenvalue weighted by Crippen LogP contribution is 2.27. The Bertz CT molecular complexity index is 1180. The van der Waals surface area contributed by atoms with E-state index in [2.05, 4.69) is 21.2 Å². The third-order valence-corrected chi connectivity index (χ3v) is 6.87. The number of anilines is 2. The van der Waals surface area contributed by atoms with Crippen LogP contribution in [0.5, 0.6) is 11.5 Å². The molecule has 0 aromatic heterocycles. The number of nitrogens with one attached hydrogen (secondary N) is 1. The van der Waals surface area contributed by atoms with E-state index >= 15 is 0 Å².